The smallest absolute Gasteiger partial charge is 0.549 e. The Kier molecular flexibility index (Phi) is 4.74. The number of aliphatic carboxylic acids is 1. The molecule has 0 aromatic heterocycles. The van der Waals surface area contributed by atoms with Crippen molar-refractivity contribution < 1.29 is 49.4 Å². The van der Waals surface area contributed by atoms with Crippen LogP contribution in [0.25, 0.3) is 0 Å². The fourth-order valence-corrected chi connectivity index (χ4v) is 1.22. The molecule has 14 heavy (non-hydrogen) atoms. The van der Waals surface area contributed by atoms with Crippen LogP contribution >= 0.6 is 0 Å². The van der Waals surface area contributed by atoms with Gasteiger partial charge in [0.25, 0.3) is 0 Å². The SMILES string of the molecule is CC(=O)C1(O)C=CC=CC1C(=O)[O-].[Na+]. The Bertz CT molecular complexity index is 308. The molecule has 0 bridgehead atoms. The first kappa shape index (κ1) is 13.6. The molecule has 0 aromatic rings. The minimum atomic E-state index is -1.95. The number of allylic oxidation sites excluding steroid dienone is 2. The van der Waals surface area contributed by atoms with E-state index < -0.39 is 23.3 Å². The van der Waals surface area contributed by atoms with Gasteiger partial charge in [0.15, 0.2) is 11.4 Å². The molecule has 2 atom stereocenters. The van der Waals surface area contributed by atoms with E-state index >= 15 is 0 Å². The molecule has 0 spiro atoms. The van der Waals surface area contributed by atoms with Gasteiger partial charge in [-0.05, 0) is 13.0 Å². The fourth-order valence-electron chi connectivity index (χ4n) is 1.22. The van der Waals surface area contributed by atoms with Crippen LogP contribution in [-0.2, 0) is 9.59 Å². The van der Waals surface area contributed by atoms with E-state index in [0.29, 0.717) is 0 Å². The summed E-state index contributed by atoms with van der Waals surface area (Å²) in [4.78, 5) is 21.6. The van der Waals surface area contributed by atoms with E-state index in [0.717, 1.165) is 13.0 Å². The second kappa shape index (κ2) is 4.89. The average molecular weight is 204 g/mol. The van der Waals surface area contributed by atoms with Gasteiger partial charge in [-0.2, -0.15) is 0 Å². The molecule has 0 saturated heterocycles. The van der Waals surface area contributed by atoms with E-state index in [9.17, 15) is 19.8 Å². The van der Waals surface area contributed by atoms with E-state index in [1.54, 1.807) is 0 Å². The predicted octanol–water partition coefficient (Wildman–Crippen LogP) is -4.20. The first-order valence-corrected chi connectivity index (χ1v) is 3.79. The van der Waals surface area contributed by atoms with Crippen molar-refractivity contribution in [3.8, 4) is 0 Å². The summed E-state index contributed by atoms with van der Waals surface area (Å²) in [5.74, 6) is -3.37. The van der Waals surface area contributed by atoms with Crippen molar-refractivity contribution >= 4 is 11.8 Å². The van der Waals surface area contributed by atoms with Gasteiger partial charge >= 0.3 is 29.6 Å². The zero-order valence-electron chi connectivity index (χ0n) is 8.06. The summed E-state index contributed by atoms with van der Waals surface area (Å²) in [5, 5.41) is 20.2. The summed E-state index contributed by atoms with van der Waals surface area (Å²) in [6, 6.07) is 0. The molecule has 0 amide bonds. The van der Waals surface area contributed by atoms with Crippen LogP contribution < -0.4 is 34.7 Å². The van der Waals surface area contributed by atoms with Crippen molar-refractivity contribution in [1.29, 1.82) is 0 Å². The Morgan fingerprint density at radius 3 is 2.36 bits per heavy atom. The number of ketones is 1. The topological polar surface area (TPSA) is 77.4 Å². The Labute approximate surface area is 104 Å². The van der Waals surface area contributed by atoms with Crippen molar-refractivity contribution in [3.63, 3.8) is 0 Å². The molecule has 0 fully saturated rings. The molecule has 1 aliphatic rings. The van der Waals surface area contributed by atoms with Crippen molar-refractivity contribution in [2.75, 3.05) is 0 Å². The molecule has 0 aromatic carbocycles. The maximum Gasteiger partial charge on any atom is 1.00 e. The van der Waals surface area contributed by atoms with Crippen LogP contribution in [0.2, 0.25) is 0 Å². The molecular formula is C9H9NaO4. The van der Waals surface area contributed by atoms with Crippen molar-refractivity contribution in [2.45, 2.75) is 12.5 Å². The Hall–Kier alpha value is -0.420. The first-order valence-electron chi connectivity index (χ1n) is 3.79. The molecule has 1 rings (SSSR count). The third-order valence-corrected chi connectivity index (χ3v) is 2.06. The Balaban J connectivity index is 0.00000169. The number of carbonyl (C=O) groups is 2. The molecule has 1 N–H and O–H groups in total. The zero-order chi connectivity index (χ0) is 10.1. The second-order valence-electron chi connectivity index (χ2n) is 2.92. The number of Topliss-reactive ketones (excluding diaryl/α,β-unsaturated/α-hetero) is 1. The minimum Gasteiger partial charge on any atom is -0.549 e. The summed E-state index contributed by atoms with van der Waals surface area (Å²) in [5.41, 5.74) is -1.95. The Morgan fingerprint density at radius 2 is 2.00 bits per heavy atom. The fraction of sp³-hybridized carbons (Fsp3) is 0.333. The number of hydrogen-bond acceptors (Lipinski definition) is 4. The maximum atomic E-state index is 11.0. The van der Waals surface area contributed by atoms with Gasteiger partial charge in [0.2, 0.25) is 0 Å². The van der Waals surface area contributed by atoms with Crippen LogP contribution in [0, 0.1) is 5.92 Å². The van der Waals surface area contributed by atoms with Gasteiger partial charge in [0, 0.05) is 0 Å². The number of carboxylic acid groups (broad SMARTS) is 1. The quantitative estimate of drug-likeness (QED) is 0.463. The van der Waals surface area contributed by atoms with E-state index in [2.05, 4.69) is 0 Å². The van der Waals surface area contributed by atoms with Crippen LogP contribution in [0.4, 0.5) is 0 Å². The van der Waals surface area contributed by atoms with Crippen LogP contribution in [0.15, 0.2) is 24.3 Å². The van der Waals surface area contributed by atoms with Gasteiger partial charge in [-0.15, -0.1) is 0 Å². The summed E-state index contributed by atoms with van der Waals surface area (Å²) in [7, 11) is 0. The zero-order valence-corrected chi connectivity index (χ0v) is 10.1. The van der Waals surface area contributed by atoms with Gasteiger partial charge in [-0.25, -0.2) is 0 Å². The van der Waals surface area contributed by atoms with Crippen molar-refractivity contribution in [2.24, 2.45) is 5.92 Å². The molecule has 1 aliphatic carbocycles. The predicted molar refractivity (Wildman–Crippen MR) is 42.4 cm³/mol. The molecule has 4 nitrogen and oxygen atoms in total. The monoisotopic (exact) mass is 204 g/mol. The standard InChI is InChI=1S/C9H10O4.Na/c1-6(10)9(13)5-3-2-4-7(9)8(11)12;/h2-5,7,13H,1H3,(H,11,12);/q;+1/p-1. The van der Waals surface area contributed by atoms with E-state index in [-0.39, 0.29) is 29.6 Å². The van der Waals surface area contributed by atoms with E-state index in [1.165, 1.54) is 18.2 Å². The summed E-state index contributed by atoms with van der Waals surface area (Å²) in [6.07, 6.45) is 5.28. The number of rotatable bonds is 2. The molecular weight excluding hydrogens is 195 g/mol. The van der Waals surface area contributed by atoms with E-state index in [4.69, 9.17) is 0 Å². The van der Waals surface area contributed by atoms with E-state index in [1.807, 2.05) is 0 Å². The molecule has 0 aliphatic heterocycles. The number of carbonyl (C=O) groups excluding carboxylic acids is 2. The third-order valence-electron chi connectivity index (χ3n) is 2.06. The van der Waals surface area contributed by atoms with Gasteiger partial charge in [0.1, 0.15) is 0 Å². The van der Waals surface area contributed by atoms with Crippen LogP contribution in [0.3, 0.4) is 0 Å². The third kappa shape index (κ3) is 2.33. The summed E-state index contributed by atoms with van der Waals surface area (Å²) in [6.45, 7) is 1.14. The normalized spacial score (nSPS) is 29.4. The molecule has 5 heteroatoms. The number of carboxylic acids is 1. The summed E-state index contributed by atoms with van der Waals surface area (Å²) >= 11 is 0. The van der Waals surface area contributed by atoms with Gasteiger partial charge < -0.3 is 15.0 Å². The molecule has 0 saturated carbocycles. The van der Waals surface area contributed by atoms with Gasteiger partial charge in [-0.1, -0.05) is 18.2 Å². The second-order valence-corrected chi connectivity index (χ2v) is 2.92. The minimum absolute atomic E-state index is 0. The molecule has 0 heterocycles. The van der Waals surface area contributed by atoms with Crippen LogP contribution in [-0.4, -0.2) is 22.5 Å². The molecule has 2 unspecified atom stereocenters. The van der Waals surface area contributed by atoms with Crippen LogP contribution in [0.5, 0.6) is 0 Å². The largest absolute Gasteiger partial charge is 1.00 e. The van der Waals surface area contributed by atoms with Crippen LogP contribution in [0.1, 0.15) is 6.92 Å². The number of hydrogen-bond donors (Lipinski definition) is 1. The van der Waals surface area contributed by atoms with Gasteiger partial charge in [0.05, 0.1) is 11.9 Å². The Morgan fingerprint density at radius 1 is 1.43 bits per heavy atom. The molecule has 70 valence electrons. The molecule has 0 radical (unpaired) electrons. The van der Waals surface area contributed by atoms with Crippen molar-refractivity contribution in [3.05, 3.63) is 24.3 Å². The first-order chi connectivity index (χ1) is 5.98. The number of aliphatic hydroxyl groups is 1. The average Bonchev–Trinajstić information content (AvgIpc) is 2.04. The van der Waals surface area contributed by atoms with Gasteiger partial charge in [-0.3, -0.25) is 4.79 Å². The maximum absolute atomic E-state index is 11.0. The summed E-state index contributed by atoms with van der Waals surface area (Å²) < 4.78 is 0. The van der Waals surface area contributed by atoms with Crippen molar-refractivity contribution in [1.82, 2.24) is 0 Å².